The molecule has 0 saturated carbocycles. The Kier molecular flexibility index (Phi) is 7.79. The highest BCUT2D eigenvalue weighted by atomic mass is 79.9. The number of aliphatic imine (C=N–C) groups is 1. The molecule has 8 heteroatoms. The van der Waals surface area contributed by atoms with Gasteiger partial charge in [0.2, 0.25) is 5.91 Å². The maximum absolute atomic E-state index is 12.7. The van der Waals surface area contributed by atoms with Crippen molar-refractivity contribution in [3.63, 3.8) is 0 Å². The van der Waals surface area contributed by atoms with E-state index in [2.05, 4.69) is 20.9 Å². The summed E-state index contributed by atoms with van der Waals surface area (Å²) in [5.74, 6) is 0.616. The van der Waals surface area contributed by atoms with Crippen LogP contribution in [0.2, 0.25) is 0 Å². The molecule has 32 heavy (non-hydrogen) atoms. The zero-order valence-corrected chi connectivity index (χ0v) is 21.0. The number of carbonyl (C=O) groups excluding carboxylic acids is 2. The number of aryl methyl sites for hydroxylation is 1. The predicted molar refractivity (Wildman–Crippen MR) is 133 cm³/mol. The minimum atomic E-state index is -0.391. The highest BCUT2D eigenvalue weighted by Gasteiger charge is 2.30. The van der Waals surface area contributed by atoms with Gasteiger partial charge in [0.1, 0.15) is 0 Å². The van der Waals surface area contributed by atoms with Gasteiger partial charge in [-0.2, -0.15) is 4.99 Å². The van der Waals surface area contributed by atoms with Crippen LogP contribution in [0.4, 0.5) is 5.69 Å². The van der Waals surface area contributed by atoms with Crippen molar-refractivity contribution in [3.05, 3.63) is 56.9 Å². The molecule has 0 N–H and O–H groups in total. The van der Waals surface area contributed by atoms with Gasteiger partial charge in [-0.3, -0.25) is 14.5 Å². The Bertz CT molecular complexity index is 1110. The van der Waals surface area contributed by atoms with Crippen LogP contribution in [0.3, 0.4) is 0 Å². The maximum atomic E-state index is 12.7. The molecule has 0 saturated heterocycles. The third-order valence-corrected chi connectivity index (χ3v) is 6.14. The van der Waals surface area contributed by atoms with Crippen molar-refractivity contribution in [2.45, 2.75) is 40.7 Å². The van der Waals surface area contributed by atoms with E-state index in [1.54, 1.807) is 6.08 Å². The van der Waals surface area contributed by atoms with Crippen molar-refractivity contribution in [3.8, 4) is 11.5 Å². The van der Waals surface area contributed by atoms with E-state index >= 15 is 0 Å². The summed E-state index contributed by atoms with van der Waals surface area (Å²) in [7, 11) is 0. The zero-order valence-electron chi connectivity index (χ0n) is 18.6. The molecule has 1 aliphatic rings. The molecule has 2 amide bonds. The average molecular weight is 517 g/mol. The van der Waals surface area contributed by atoms with E-state index in [4.69, 9.17) is 9.47 Å². The normalized spacial score (nSPS) is 14.7. The molecule has 1 aliphatic heterocycles. The SMILES string of the molecule is CCOc1cc(/C=C2\SC(N(C(C)=O)c3ccccc3C)=NC2=O)c(Br)cc1OC(C)C. The van der Waals surface area contributed by atoms with Gasteiger partial charge < -0.3 is 9.47 Å². The van der Waals surface area contributed by atoms with Gasteiger partial charge in [0.05, 0.1) is 23.3 Å². The van der Waals surface area contributed by atoms with Crippen LogP contribution in [0, 0.1) is 6.92 Å². The number of ether oxygens (including phenoxy) is 2. The molecule has 0 spiro atoms. The minimum absolute atomic E-state index is 0.00718. The van der Waals surface area contributed by atoms with Crippen molar-refractivity contribution in [1.82, 2.24) is 0 Å². The molecule has 0 bridgehead atoms. The van der Waals surface area contributed by atoms with E-state index in [0.717, 1.165) is 15.6 Å². The highest BCUT2D eigenvalue weighted by Crippen LogP contribution is 2.38. The molecule has 0 atom stereocenters. The van der Waals surface area contributed by atoms with Gasteiger partial charge >= 0.3 is 0 Å². The lowest BCUT2D eigenvalue weighted by molar-refractivity contribution is -0.115. The molecule has 0 radical (unpaired) electrons. The Labute approximate surface area is 200 Å². The van der Waals surface area contributed by atoms with Crippen molar-refractivity contribution >= 4 is 56.4 Å². The lowest BCUT2D eigenvalue weighted by Gasteiger charge is -2.21. The number of carbonyl (C=O) groups is 2. The molecule has 6 nitrogen and oxygen atoms in total. The standard InChI is InChI=1S/C24H25BrN2O4S/c1-6-30-20-11-17(18(25)13-21(20)31-14(2)3)12-22-23(29)26-24(32-22)27(16(5)28)19-10-8-7-9-15(19)4/h7-14H,6H2,1-5H3/b22-12-. The predicted octanol–water partition coefficient (Wildman–Crippen LogP) is 5.97. The van der Waals surface area contributed by atoms with Gasteiger partial charge in [-0.25, -0.2) is 0 Å². The monoisotopic (exact) mass is 516 g/mol. The molecular weight excluding hydrogens is 492 g/mol. The Morgan fingerprint density at radius 2 is 1.97 bits per heavy atom. The van der Waals surface area contributed by atoms with Crippen molar-refractivity contribution in [2.24, 2.45) is 4.99 Å². The van der Waals surface area contributed by atoms with Gasteiger partial charge in [0, 0.05) is 11.4 Å². The van der Waals surface area contributed by atoms with Crippen LogP contribution in [0.1, 0.15) is 38.8 Å². The van der Waals surface area contributed by atoms with E-state index < -0.39 is 5.91 Å². The summed E-state index contributed by atoms with van der Waals surface area (Å²) < 4.78 is 12.3. The number of nitrogens with zero attached hydrogens (tertiary/aromatic N) is 2. The second-order valence-electron chi connectivity index (χ2n) is 7.37. The molecule has 2 aromatic rings. The summed E-state index contributed by atoms with van der Waals surface area (Å²) in [5.41, 5.74) is 2.37. The van der Waals surface area contributed by atoms with Gasteiger partial charge in [-0.05, 0) is 74.9 Å². The first-order valence-electron chi connectivity index (χ1n) is 10.2. The first-order valence-corrected chi connectivity index (χ1v) is 11.8. The first kappa shape index (κ1) is 24.1. The number of rotatable bonds is 6. The number of para-hydroxylation sites is 1. The van der Waals surface area contributed by atoms with E-state index in [1.165, 1.54) is 23.6 Å². The number of amidine groups is 1. The van der Waals surface area contributed by atoms with Crippen molar-refractivity contribution in [2.75, 3.05) is 11.5 Å². The molecule has 0 fully saturated rings. The largest absolute Gasteiger partial charge is 0.490 e. The van der Waals surface area contributed by atoms with E-state index in [1.807, 2.05) is 64.1 Å². The van der Waals surface area contributed by atoms with Crippen LogP contribution in [0.25, 0.3) is 6.08 Å². The molecule has 2 aromatic carbocycles. The highest BCUT2D eigenvalue weighted by molar-refractivity contribution is 9.10. The van der Waals surface area contributed by atoms with E-state index in [-0.39, 0.29) is 12.0 Å². The lowest BCUT2D eigenvalue weighted by Crippen LogP contribution is -2.33. The van der Waals surface area contributed by atoms with Gasteiger partial charge in [-0.1, -0.05) is 34.1 Å². The fourth-order valence-corrected chi connectivity index (χ4v) is 4.53. The number of halogens is 1. The topological polar surface area (TPSA) is 68.2 Å². The number of benzene rings is 2. The summed E-state index contributed by atoms with van der Waals surface area (Å²) >= 11 is 4.73. The molecule has 168 valence electrons. The third kappa shape index (κ3) is 5.42. The summed E-state index contributed by atoms with van der Waals surface area (Å²) in [6.07, 6.45) is 1.73. The second-order valence-corrected chi connectivity index (χ2v) is 9.23. The summed E-state index contributed by atoms with van der Waals surface area (Å²) in [5, 5.41) is 0.337. The van der Waals surface area contributed by atoms with E-state index in [0.29, 0.717) is 33.9 Å². The lowest BCUT2D eigenvalue weighted by atomic mass is 10.2. The quantitative estimate of drug-likeness (QED) is 0.442. The molecule has 0 unspecified atom stereocenters. The zero-order chi connectivity index (χ0) is 23.4. The Morgan fingerprint density at radius 1 is 1.25 bits per heavy atom. The Morgan fingerprint density at radius 3 is 2.59 bits per heavy atom. The van der Waals surface area contributed by atoms with Crippen LogP contribution in [0.5, 0.6) is 11.5 Å². The van der Waals surface area contributed by atoms with Crippen LogP contribution in [-0.4, -0.2) is 29.7 Å². The van der Waals surface area contributed by atoms with Crippen molar-refractivity contribution < 1.29 is 19.1 Å². The average Bonchev–Trinajstić information content (AvgIpc) is 3.06. The van der Waals surface area contributed by atoms with Crippen LogP contribution in [0.15, 0.2) is 50.8 Å². The van der Waals surface area contributed by atoms with Gasteiger partial charge in [-0.15, -0.1) is 0 Å². The van der Waals surface area contributed by atoms with Crippen LogP contribution < -0.4 is 14.4 Å². The summed E-state index contributed by atoms with van der Waals surface area (Å²) in [6, 6.07) is 11.2. The fraction of sp³-hybridized carbons (Fsp3) is 0.292. The molecule has 0 aromatic heterocycles. The number of hydrogen-bond acceptors (Lipinski definition) is 5. The number of hydrogen-bond donors (Lipinski definition) is 0. The maximum Gasteiger partial charge on any atom is 0.286 e. The number of amides is 2. The first-order chi connectivity index (χ1) is 15.2. The number of thioether (sulfide) groups is 1. The summed E-state index contributed by atoms with van der Waals surface area (Å²) in [4.78, 5) is 31.1. The molecule has 1 heterocycles. The minimum Gasteiger partial charge on any atom is -0.490 e. The van der Waals surface area contributed by atoms with Crippen LogP contribution in [-0.2, 0) is 9.59 Å². The van der Waals surface area contributed by atoms with Crippen LogP contribution >= 0.6 is 27.7 Å². The van der Waals surface area contributed by atoms with Gasteiger partial charge in [0.25, 0.3) is 5.91 Å². The van der Waals surface area contributed by atoms with Gasteiger partial charge in [0.15, 0.2) is 16.7 Å². The van der Waals surface area contributed by atoms with Crippen molar-refractivity contribution in [1.29, 1.82) is 0 Å². The molecule has 0 aliphatic carbocycles. The summed E-state index contributed by atoms with van der Waals surface area (Å²) in [6.45, 7) is 9.65. The second kappa shape index (κ2) is 10.4. The Hall–Kier alpha value is -2.58. The molecular formula is C24H25BrN2O4S. The number of anilines is 1. The fourth-order valence-electron chi connectivity index (χ4n) is 3.13. The molecule has 3 rings (SSSR count). The smallest absolute Gasteiger partial charge is 0.286 e. The van der Waals surface area contributed by atoms with E-state index in [9.17, 15) is 9.59 Å². The Balaban J connectivity index is 1.95. The third-order valence-electron chi connectivity index (χ3n) is 4.48.